The molecule has 3 heterocycles. The summed E-state index contributed by atoms with van der Waals surface area (Å²) in [5, 5.41) is 10.8. The van der Waals surface area contributed by atoms with E-state index < -0.39 is 18.1 Å². The van der Waals surface area contributed by atoms with E-state index in [4.69, 9.17) is 9.47 Å². The summed E-state index contributed by atoms with van der Waals surface area (Å²) >= 11 is 0. The molecule has 9 nitrogen and oxygen atoms in total. The number of piperidine rings is 1. The number of nitrogens with zero attached hydrogens (tertiary/aromatic N) is 3. The lowest BCUT2D eigenvalue weighted by molar-refractivity contribution is -0.148. The number of amides is 2. The molecule has 2 amide bonds. The minimum absolute atomic E-state index is 0.0126. The van der Waals surface area contributed by atoms with Crippen molar-refractivity contribution in [1.82, 2.24) is 14.8 Å². The first kappa shape index (κ1) is 19.9. The van der Waals surface area contributed by atoms with Crippen LogP contribution >= 0.6 is 0 Å². The average molecular weight is 413 g/mol. The lowest BCUT2D eigenvalue weighted by Crippen LogP contribution is -2.52. The maximum atomic E-state index is 12.9. The number of benzene rings is 1. The van der Waals surface area contributed by atoms with Gasteiger partial charge in [-0.15, -0.1) is 0 Å². The molecule has 0 spiro atoms. The number of ether oxygens (including phenoxy) is 2. The van der Waals surface area contributed by atoms with E-state index in [-0.39, 0.29) is 36.6 Å². The number of likely N-dealkylation sites (tertiary alicyclic amines) is 1. The van der Waals surface area contributed by atoms with Crippen LogP contribution in [0.15, 0.2) is 30.3 Å². The molecule has 9 heteroatoms. The van der Waals surface area contributed by atoms with Gasteiger partial charge in [-0.05, 0) is 31.9 Å². The van der Waals surface area contributed by atoms with E-state index >= 15 is 0 Å². The summed E-state index contributed by atoms with van der Waals surface area (Å²) in [4.78, 5) is 44.7. The molecule has 1 atom stereocenters. The summed E-state index contributed by atoms with van der Waals surface area (Å²) in [5.74, 6) is -0.676. The molecule has 1 aromatic carbocycles. The largest absolute Gasteiger partial charge is 0.506 e. The number of esters is 1. The second-order valence-electron chi connectivity index (χ2n) is 7.32. The molecule has 2 aliphatic heterocycles. The Bertz CT molecular complexity index is 986. The SMILES string of the molecule is CCOC(=O)C1COC(=O)N1C1CCN(C(=O)c2ccc3cccc(O)c3n2)CC1. The van der Waals surface area contributed by atoms with Crippen molar-refractivity contribution in [2.75, 3.05) is 26.3 Å². The number of hydrogen-bond acceptors (Lipinski definition) is 7. The van der Waals surface area contributed by atoms with Crippen molar-refractivity contribution in [2.24, 2.45) is 0 Å². The standard InChI is InChI=1S/C21H23N3O6/c1-2-29-20(27)16-12-30-21(28)24(16)14-8-10-23(11-9-14)19(26)15-7-6-13-4-3-5-17(25)18(13)22-15/h3-7,14,16,25H,2,8-12H2,1H3. The van der Waals surface area contributed by atoms with Gasteiger partial charge in [0.1, 0.15) is 23.6 Å². The average Bonchev–Trinajstić information content (AvgIpc) is 3.15. The van der Waals surface area contributed by atoms with Crippen LogP contribution in [0.4, 0.5) is 4.79 Å². The third kappa shape index (κ3) is 3.62. The molecular formula is C21H23N3O6. The number of rotatable bonds is 4. The fourth-order valence-electron chi connectivity index (χ4n) is 4.02. The monoisotopic (exact) mass is 413 g/mol. The maximum Gasteiger partial charge on any atom is 0.410 e. The van der Waals surface area contributed by atoms with Crippen molar-refractivity contribution in [2.45, 2.75) is 31.8 Å². The van der Waals surface area contributed by atoms with E-state index in [1.54, 1.807) is 30.0 Å². The van der Waals surface area contributed by atoms with E-state index in [1.807, 2.05) is 6.07 Å². The van der Waals surface area contributed by atoms with Gasteiger partial charge in [0, 0.05) is 24.5 Å². The van der Waals surface area contributed by atoms with Gasteiger partial charge in [0.25, 0.3) is 5.91 Å². The molecule has 2 fully saturated rings. The van der Waals surface area contributed by atoms with Crippen molar-refractivity contribution in [3.05, 3.63) is 36.0 Å². The molecule has 1 unspecified atom stereocenters. The van der Waals surface area contributed by atoms with Gasteiger partial charge in [0.15, 0.2) is 6.04 Å². The lowest BCUT2D eigenvalue weighted by Gasteiger charge is -2.37. The highest BCUT2D eigenvalue weighted by Crippen LogP contribution is 2.26. The predicted octanol–water partition coefficient (Wildman–Crippen LogP) is 1.93. The molecule has 30 heavy (non-hydrogen) atoms. The van der Waals surface area contributed by atoms with Crippen LogP contribution in [0, 0.1) is 0 Å². The van der Waals surface area contributed by atoms with Crippen molar-refractivity contribution in [3.8, 4) is 5.75 Å². The fourth-order valence-corrected chi connectivity index (χ4v) is 4.02. The Labute approximate surface area is 173 Å². The van der Waals surface area contributed by atoms with Crippen molar-refractivity contribution in [3.63, 3.8) is 0 Å². The van der Waals surface area contributed by atoms with Crippen LogP contribution in [0.3, 0.4) is 0 Å². The first-order chi connectivity index (χ1) is 14.5. The number of para-hydroxylation sites is 1. The van der Waals surface area contributed by atoms with Gasteiger partial charge in [0.2, 0.25) is 0 Å². The van der Waals surface area contributed by atoms with E-state index in [1.165, 1.54) is 11.0 Å². The molecule has 0 radical (unpaired) electrons. The zero-order chi connectivity index (χ0) is 21.3. The van der Waals surface area contributed by atoms with Crippen LogP contribution in [0.2, 0.25) is 0 Å². The van der Waals surface area contributed by atoms with Crippen molar-refractivity contribution < 1.29 is 29.0 Å². The third-order valence-corrected chi connectivity index (χ3v) is 5.53. The van der Waals surface area contributed by atoms with Crippen LogP contribution < -0.4 is 0 Å². The minimum atomic E-state index is -0.741. The fraction of sp³-hybridized carbons (Fsp3) is 0.429. The topological polar surface area (TPSA) is 109 Å². The highest BCUT2D eigenvalue weighted by molar-refractivity contribution is 5.96. The zero-order valence-electron chi connectivity index (χ0n) is 16.6. The van der Waals surface area contributed by atoms with Crippen molar-refractivity contribution >= 4 is 28.9 Å². The van der Waals surface area contributed by atoms with Crippen LogP contribution in [-0.2, 0) is 14.3 Å². The number of carbonyl (C=O) groups is 3. The number of pyridine rings is 1. The summed E-state index contributed by atoms with van der Waals surface area (Å²) in [6.45, 7) is 2.77. The van der Waals surface area contributed by atoms with E-state index in [2.05, 4.69) is 4.98 Å². The molecule has 4 rings (SSSR count). The van der Waals surface area contributed by atoms with E-state index in [0.29, 0.717) is 31.4 Å². The highest BCUT2D eigenvalue weighted by atomic mass is 16.6. The van der Waals surface area contributed by atoms with Gasteiger partial charge in [-0.2, -0.15) is 0 Å². The quantitative estimate of drug-likeness (QED) is 0.763. The molecule has 2 saturated heterocycles. The molecule has 1 aromatic heterocycles. The number of phenols is 1. The maximum absolute atomic E-state index is 12.9. The van der Waals surface area contributed by atoms with Gasteiger partial charge in [0.05, 0.1) is 6.61 Å². The van der Waals surface area contributed by atoms with E-state index in [0.717, 1.165) is 5.39 Å². The molecule has 158 valence electrons. The van der Waals surface area contributed by atoms with E-state index in [9.17, 15) is 19.5 Å². The molecule has 0 aliphatic carbocycles. The van der Waals surface area contributed by atoms with Gasteiger partial charge in [-0.25, -0.2) is 14.6 Å². The van der Waals surface area contributed by atoms with Crippen molar-refractivity contribution in [1.29, 1.82) is 0 Å². The normalized spacial score (nSPS) is 19.8. The molecule has 2 aliphatic rings. The Kier molecular flexibility index (Phi) is 5.43. The number of fused-ring (bicyclic) bond motifs is 1. The Hall–Kier alpha value is -3.36. The van der Waals surface area contributed by atoms with Crippen LogP contribution in [0.1, 0.15) is 30.3 Å². The van der Waals surface area contributed by atoms with Gasteiger partial charge < -0.3 is 19.5 Å². The Morgan fingerprint density at radius 1 is 1.23 bits per heavy atom. The number of aromatic hydroxyl groups is 1. The summed E-state index contributed by atoms with van der Waals surface area (Å²) in [6, 6.07) is 7.53. The summed E-state index contributed by atoms with van der Waals surface area (Å²) in [5.41, 5.74) is 0.641. The number of hydrogen-bond donors (Lipinski definition) is 1. The van der Waals surface area contributed by atoms with Gasteiger partial charge in [-0.1, -0.05) is 18.2 Å². The Balaban J connectivity index is 1.44. The summed E-state index contributed by atoms with van der Waals surface area (Å²) < 4.78 is 10.1. The lowest BCUT2D eigenvalue weighted by atomic mass is 10.0. The second-order valence-corrected chi connectivity index (χ2v) is 7.32. The molecule has 1 N–H and O–H groups in total. The molecule has 0 bridgehead atoms. The zero-order valence-corrected chi connectivity index (χ0v) is 16.6. The number of phenolic OH excluding ortho intramolecular Hbond substituents is 1. The molecule has 2 aromatic rings. The predicted molar refractivity (Wildman–Crippen MR) is 106 cm³/mol. The molecule has 0 saturated carbocycles. The Morgan fingerprint density at radius 3 is 2.73 bits per heavy atom. The van der Waals surface area contributed by atoms with Gasteiger partial charge >= 0.3 is 12.1 Å². The first-order valence-corrected chi connectivity index (χ1v) is 9.99. The van der Waals surface area contributed by atoms with Gasteiger partial charge in [-0.3, -0.25) is 9.69 Å². The molecular weight excluding hydrogens is 390 g/mol. The third-order valence-electron chi connectivity index (χ3n) is 5.53. The van der Waals surface area contributed by atoms with Crippen LogP contribution in [0.5, 0.6) is 5.75 Å². The van der Waals surface area contributed by atoms with Crippen LogP contribution in [0.25, 0.3) is 10.9 Å². The smallest absolute Gasteiger partial charge is 0.410 e. The Morgan fingerprint density at radius 2 is 2.00 bits per heavy atom. The second kappa shape index (κ2) is 8.17. The van der Waals surface area contributed by atoms with Crippen LogP contribution in [-0.4, -0.2) is 76.2 Å². The minimum Gasteiger partial charge on any atom is -0.506 e. The number of carbonyl (C=O) groups excluding carboxylic acids is 3. The summed E-state index contributed by atoms with van der Waals surface area (Å²) in [6.07, 6.45) is 0.523. The first-order valence-electron chi connectivity index (χ1n) is 9.99. The number of aromatic nitrogens is 1. The number of cyclic esters (lactones) is 1. The highest BCUT2D eigenvalue weighted by Gasteiger charge is 2.44. The summed E-state index contributed by atoms with van der Waals surface area (Å²) in [7, 11) is 0.